The van der Waals surface area contributed by atoms with Crippen LogP contribution in [0.25, 0.3) is 0 Å². The zero-order valence-electron chi connectivity index (χ0n) is 4.49. The fourth-order valence-corrected chi connectivity index (χ4v) is 1.35. The van der Waals surface area contributed by atoms with Crippen molar-refractivity contribution in [2.24, 2.45) is 0 Å². The minimum atomic E-state index is 0.795. The number of rotatable bonds is 0. The first-order valence-electron chi connectivity index (χ1n) is 2.37. The molecule has 0 nitrogen and oxygen atoms in total. The van der Waals surface area contributed by atoms with E-state index in [9.17, 15) is 0 Å². The van der Waals surface area contributed by atoms with E-state index in [1.165, 1.54) is 0 Å². The maximum atomic E-state index is 5.78. The lowest BCUT2D eigenvalue weighted by molar-refractivity contribution is 1.71. The molecule has 0 bridgehead atoms. The first kappa shape index (κ1) is 7.56. The summed E-state index contributed by atoms with van der Waals surface area (Å²) in [6.07, 6.45) is 0. The second-order valence-corrected chi connectivity index (χ2v) is 3.63. The molecule has 0 saturated carbocycles. The van der Waals surface area contributed by atoms with Crippen molar-refractivity contribution in [1.29, 1.82) is 0 Å². The number of hydrogen-bond acceptors (Lipinski definition) is 0. The first-order chi connectivity index (χ1) is 4.22. The Morgan fingerprint density at radius 1 is 1.44 bits per heavy atom. The van der Waals surface area contributed by atoms with Crippen LogP contribution in [0.2, 0.25) is 5.02 Å². The molecule has 0 spiro atoms. The van der Waals surface area contributed by atoms with E-state index in [0.29, 0.717) is 0 Å². The van der Waals surface area contributed by atoms with E-state index in [-0.39, 0.29) is 0 Å². The molecule has 0 saturated heterocycles. The SMILES string of the molecule is [Si]c1cccc(Cl)c1I. The van der Waals surface area contributed by atoms with Gasteiger partial charge < -0.3 is 0 Å². The van der Waals surface area contributed by atoms with E-state index in [4.69, 9.17) is 11.6 Å². The van der Waals surface area contributed by atoms with Crippen LogP contribution in [0, 0.1) is 3.57 Å². The Morgan fingerprint density at radius 3 is 2.56 bits per heavy atom. The lowest BCUT2D eigenvalue weighted by Crippen LogP contribution is -2.05. The monoisotopic (exact) mass is 265 g/mol. The second kappa shape index (κ2) is 3.03. The Balaban J connectivity index is 3.25. The van der Waals surface area contributed by atoms with Crippen LogP contribution >= 0.6 is 34.2 Å². The summed E-state index contributed by atoms with van der Waals surface area (Å²) in [6, 6.07) is 5.74. The summed E-state index contributed by atoms with van der Waals surface area (Å²) in [5, 5.41) is 1.84. The van der Waals surface area contributed by atoms with Gasteiger partial charge in [0, 0.05) is 3.57 Å². The van der Waals surface area contributed by atoms with Gasteiger partial charge in [-0.15, -0.1) is 0 Å². The molecule has 0 fully saturated rings. The molecule has 45 valence electrons. The van der Waals surface area contributed by atoms with Gasteiger partial charge >= 0.3 is 0 Å². The van der Waals surface area contributed by atoms with Crippen molar-refractivity contribution in [2.45, 2.75) is 0 Å². The Kier molecular flexibility index (Phi) is 2.55. The molecule has 1 aromatic rings. The van der Waals surface area contributed by atoms with Crippen molar-refractivity contribution in [1.82, 2.24) is 0 Å². The Bertz CT molecular complexity index is 204. The highest BCUT2D eigenvalue weighted by molar-refractivity contribution is 14.1. The third-order valence-corrected chi connectivity index (χ3v) is 3.67. The van der Waals surface area contributed by atoms with Gasteiger partial charge in [-0.2, -0.15) is 0 Å². The lowest BCUT2D eigenvalue weighted by atomic mass is 10.4. The molecule has 0 amide bonds. The fourth-order valence-electron chi connectivity index (χ4n) is 0.504. The van der Waals surface area contributed by atoms with Crippen molar-refractivity contribution in [3.8, 4) is 0 Å². The van der Waals surface area contributed by atoms with Gasteiger partial charge in [-0.05, 0) is 28.7 Å². The van der Waals surface area contributed by atoms with Crippen LogP contribution in [0.1, 0.15) is 0 Å². The van der Waals surface area contributed by atoms with E-state index in [0.717, 1.165) is 13.8 Å². The van der Waals surface area contributed by atoms with E-state index in [1.54, 1.807) is 0 Å². The van der Waals surface area contributed by atoms with Crippen LogP contribution < -0.4 is 5.19 Å². The quantitative estimate of drug-likeness (QED) is 0.495. The summed E-state index contributed by atoms with van der Waals surface area (Å²) in [7, 11) is 3.40. The zero-order chi connectivity index (χ0) is 6.85. The average molecular weight is 266 g/mol. The minimum absolute atomic E-state index is 0.795. The van der Waals surface area contributed by atoms with Crippen LogP contribution in [-0.4, -0.2) is 10.2 Å². The summed E-state index contributed by atoms with van der Waals surface area (Å²) in [6.45, 7) is 0. The number of benzene rings is 1. The van der Waals surface area contributed by atoms with Gasteiger partial charge in [0.15, 0.2) is 0 Å². The maximum absolute atomic E-state index is 5.78. The fraction of sp³-hybridized carbons (Fsp3) is 0. The van der Waals surface area contributed by atoms with Gasteiger partial charge in [0.05, 0.1) is 15.3 Å². The maximum Gasteiger partial charge on any atom is 0.0727 e. The molecular weight excluding hydrogens is 263 g/mol. The van der Waals surface area contributed by atoms with Crippen LogP contribution in [-0.2, 0) is 0 Å². The van der Waals surface area contributed by atoms with E-state index >= 15 is 0 Å². The molecule has 1 rings (SSSR count). The molecule has 0 aliphatic rings. The third-order valence-electron chi connectivity index (χ3n) is 0.952. The molecule has 0 aliphatic heterocycles. The molecule has 0 aliphatic carbocycles. The summed E-state index contributed by atoms with van der Waals surface area (Å²) < 4.78 is 1.06. The van der Waals surface area contributed by atoms with Gasteiger partial charge in [-0.25, -0.2) is 0 Å². The van der Waals surface area contributed by atoms with E-state index in [2.05, 4.69) is 32.8 Å². The van der Waals surface area contributed by atoms with E-state index < -0.39 is 0 Å². The summed E-state index contributed by atoms with van der Waals surface area (Å²) in [5.74, 6) is 0. The highest BCUT2D eigenvalue weighted by Gasteiger charge is 1.96. The highest BCUT2D eigenvalue weighted by Crippen LogP contribution is 2.13. The van der Waals surface area contributed by atoms with Crippen LogP contribution in [0.5, 0.6) is 0 Å². The smallest absolute Gasteiger partial charge is 0.0727 e. The van der Waals surface area contributed by atoms with Crippen LogP contribution in [0.3, 0.4) is 0 Å². The van der Waals surface area contributed by atoms with E-state index in [1.807, 2.05) is 18.2 Å². The average Bonchev–Trinajstić information content (AvgIpc) is 1.83. The standard InChI is InChI=1S/C6H3ClISi/c7-4-2-1-3-5(9)6(4)8/h1-3H. The van der Waals surface area contributed by atoms with Crippen molar-refractivity contribution in [2.75, 3.05) is 0 Å². The Morgan fingerprint density at radius 2 is 2.11 bits per heavy atom. The Hall–Kier alpha value is 0.457. The molecule has 9 heavy (non-hydrogen) atoms. The molecule has 3 heteroatoms. The molecular formula is C6H3ClISi. The van der Waals surface area contributed by atoms with Crippen molar-refractivity contribution in [3.05, 3.63) is 26.8 Å². The van der Waals surface area contributed by atoms with Crippen molar-refractivity contribution >= 4 is 49.6 Å². The number of hydrogen-bond donors (Lipinski definition) is 0. The Labute approximate surface area is 76.2 Å². The lowest BCUT2D eigenvalue weighted by Gasteiger charge is -1.96. The molecule has 0 atom stereocenters. The molecule has 1 aromatic carbocycles. The topological polar surface area (TPSA) is 0 Å². The van der Waals surface area contributed by atoms with Gasteiger partial charge in [0.2, 0.25) is 0 Å². The first-order valence-corrected chi connectivity index (χ1v) is 4.33. The normalized spacial score (nSPS) is 9.67. The van der Waals surface area contributed by atoms with Crippen LogP contribution in [0.15, 0.2) is 18.2 Å². The molecule has 0 heterocycles. The van der Waals surface area contributed by atoms with Crippen molar-refractivity contribution in [3.63, 3.8) is 0 Å². The molecule has 3 radical (unpaired) electrons. The predicted octanol–water partition coefficient (Wildman–Crippen LogP) is 1.74. The van der Waals surface area contributed by atoms with Gasteiger partial charge in [-0.3, -0.25) is 0 Å². The molecule has 0 unspecified atom stereocenters. The summed E-state index contributed by atoms with van der Waals surface area (Å²) in [5.41, 5.74) is 0. The largest absolute Gasteiger partial charge is 0.0832 e. The third kappa shape index (κ3) is 1.69. The highest BCUT2D eigenvalue weighted by atomic mass is 127. The predicted molar refractivity (Wildman–Crippen MR) is 49.6 cm³/mol. The van der Waals surface area contributed by atoms with Gasteiger partial charge in [0.25, 0.3) is 0 Å². The van der Waals surface area contributed by atoms with Gasteiger partial charge in [0.1, 0.15) is 0 Å². The van der Waals surface area contributed by atoms with Gasteiger partial charge in [-0.1, -0.05) is 28.9 Å². The molecule has 0 aromatic heterocycles. The van der Waals surface area contributed by atoms with Crippen molar-refractivity contribution < 1.29 is 0 Å². The summed E-state index contributed by atoms with van der Waals surface area (Å²) >= 11 is 7.96. The van der Waals surface area contributed by atoms with Crippen LogP contribution in [0.4, 0.5) is 0 Å². The molecule has 0 N–H and O–H groups in total. The second-order valence-electron chi connectivity index (χ2n) is 1.60. The summed E-state index contributed by atoms with van der Waals surface area (Å²) in [4.78, 5) is 0. The minimum Gasteiger partial charge on any atom is -0.0832 e. The number of halogens is 2. The zero-order valence-corrected chi connectivity index (χ0v) is 8.40.